The second-order valence-corrected chi connectivity index (χ2v) is 6.97. The molecule has 132 valence electrons. The van der Waals surface area contributed by atoms with Crippen LogP contribution < -0.4 is 4.74 Å². The van der Waals surface area contributed by atoms with Crippen molar-refractivity contribution in [3.63, 3.8) is 0 Å². The molecule has 1 saturated heterocycles. The monoisotopic (exact) mass is 340 g/mol. The lowest BCUT2D eigenvalue weighted by Gasteiger charge is -2.44. The molecule has 0 radical (unpaired) electrons. The number of carbonyl (C=O) groups excluding carboxylic acids is 1. The van der Waals surface area contributed by atoms with E-state index < -0.39 is 0 Å². The molecule has 2 aliphatic rings. The third kappa shape index (κ3) is 3.52. The van der Waals surface area contributed by atoms with Gasteiger partial charge < -0.3 is 9.64 Å². The fourth-order valence-electron chi connectivity index (χ4n) is 4.22. The number of hydrogen-bond acceptors (Lipinski definition) is 4. The van der Waals surface area contributed by atoms with Crippen molar-refractivity contribution in [2.45, 2.75) is 44.6 Å². The molecule has 2 aromatic rings. The zero-order valence-corrected chi connectivity index (χ0v) is 14.4. The first-order valence-corrected chi connectivity index (χ1v) is 9.18. The van der Waals surface area contributed by atoms with Crippen LogP contribution in [0.2, 0.25) is 0 Å². The number of likely N-dealkylation sites (tertiary alicyclic amines) is 1. The van der Waals surface area contributed by atoms with Crippen molar-refractivity contribution < 1.29 is 9.53 Å². The van der Waals surface area contributed by atoms with E-state index in [4.69, 9.17) is 4.74 Å². The Labute approximate surface area is 147 Å². The molecule has 2 heterocycles. The Morgan fingerprint density at radius 1 is 1.20 bits per heavy atom. The Balaban J connectivity index is 1.39. The highest BCUT2D eigenvalue weighted by molar-refractivity contribution is 5.78. The maximum atomic E-state index is 12.7. The van der Waals surface area contributed by atoms with Crippen LogP contribution in [-0.4, -0.2) is 44.8 Å². The normalized spacial score (nSPS) is 23.1. The van der Waals surface area contributed by atoms with Gasteiger partial charge in [-0.3, -0.25) is 4.79 Å². The van der Waals surface area contributed by atoms with Crippen LogP contribution in [0.4, 0.5) is 0 Å². The van der Waals surface area contributed by atoms with Gasteiger partial charge in [-0.15, -0.1) is 0 Å². The Morgan fingerprint density at radius 3 is 2.96 bits per heavy atom. The zero-order valence-electron chi connectivity index (χ0n) is 14.4. The van der Waals surface area contributed by atoms with Gasteiger partial charge >= 0.3 is 0 Å². The predicted molar refractivity (Wildman–Crippen MR) is 93.5 cm³/mol. The first-order chi connectivity index (χ1) is 12.3. The van der Waals surface area contributed by atoms with E-state index in [2.05, 4.69) is 15.0 Å². The molecule has 25 heavy (non-hydrogen) atoms. The molecule has 1 saturated carbocycles. The second kappa shape index (κ2) is 7.25. The van der Waals surface area contributed by atoms with E-state index in [0.29, 0.717) is 17.7 Å². The topological polar surface area (TPSA) is 60.3 Å². The predicted octanol–water partition coefficient (Wildman–Crippen LogP) is 2.83. The zero-order chi connectivity index (χ0) is 17.1. The number of fused-ring (bicyclic) bond motifs is 1. The smallest absolute Gasteiger partial charge is 0.260 e. The van der Waals surface area contributed by atoms with Crippen LogP contribution in [0.5, 0.6) is 5.75 Å². The lowest BCUT2D eigenvalue weighted by molar-refractivity contribution is -0.139. The highest BCUT2D eigenvalue weighted by Gasteiger charge is 2.35. The fourth-order valence-corrected chi connectivity index (χ4v) is 4.22. The number of nitrogens with zero attached hydrogens (tertiary/aromatic N) is 4. The molecule has 1 amide bonds. The molecular weight excluding hydrogens is 316 g/mol. The van der Waals surface area contributed by atoms with Crippen molar-refractivity contribution in [2.75, 3.05) is 13.2 Å². The van der Waals surface area contributed by atoms with Gasteiger partial charge in [0.15, 0.2) is 6.61 Å². The van der Waals surface area contributed by atoms with Gasteiger partial charge in [0.25, 0.3) is 5.91 Å². The van der Waals surface area contributed by atoms with Gasteiger partial charge in [0, 0.05) is 18.7 Å². The molecule has 1 aromatic carbocycles. The molecule has 2 atom stereocenters. The Bertz CT molecular complexity index is 714. The molecule has 1 aliphatic carbocycles. The molecule has 4 rings (SSSR count). The van der Waals surface area contributed by atoms with Crippen molar-refractivity contribution >= 4 is 5.91 Å². The number of ether oxygens (including phenoxy) is 1. The summed E-state index contributed by atoms with van der Waals surface area (Å²) < 4.78 is 7.46. The van der Waals surface area contributed by atoms with Crippen LogP contribution in [-0.2, 0) is 4.79 Å². The summed E-state index contributed by atoms with van der Waals surface area (Å²) in [5, 5.41) is 4.12. The van der Waals surface area contributed by atoms with Gasteiger partial charge in [0.2, 0.25) is 0 Å². The van der Waals surface area contributed by atoms with Crippen molar-refractivity contribution in [3.05, 3.63) is 36.9 Å². The van der Waals surface area contributed by atoms with Crippen LogP contribution in [0.1, 0.15) is 38.5 Å². The third-order valence-corrected chi connectivity index (χ3v) is 5.43. The summed E-state index contributed by atoms with van der Waals surface area (Å²) >= 11 is 0. The number of hydrogen-bond donors (Lipinski definition) is 0. The van der Waals surface area contributed by atoms with Gasteiger partial charge in [0.1, 0.15) is 18.4 Å². The average molecular weight is 340 g/mol. The van der Waals surface area contributed by atoms with E-state index in [1.165, 1.54) is 32.0 Å². The lowest BCUT2D eigenvalue weighted by atomic mass is 9.78. The first kappa shape index (κ1) is 16.1. The van der Waals surface area contributed by atoms with Crippen molar-refractivity contribution in [1.29, 1.82) is 0 Å². The number of benzene rings is 1. The molecule has 0 N–H and O–H groups in total. The fraction of sp³-hybridized carbons (Fsp3) is 0.526. The highest BCUT2D eigenvalue weighted by atomic mass is 16.5. The van der Waals surface area contributed by atoms with Crippen LogP contribution >= 0.6 is 0 Å². The van der Waals surface area contributed by atoms with Gasteiger partial charge in [-0.1, -0.05) is 18.9 Å². The Morgan fingerprint density at radius 2 is 2.08 bits per heavy atom. The van der Waals surface area contributed by atoms with E-state index in [9.17, 15) is 4.79 Å². The summed E-state index contributed by atoms with van der Waals surface area (Å²) in [7, 11) is 0. The van der Waals surface area contributed by atoms with Crippen molar-refractivity contribution in [2.24, 2.45) is 5.92 Å². The van der Waals surface area contributed by atoms with E-state index in [-0.39, 0.29) is 12.5 Å². The summed E-state index contributed by atoms with van der Waals surface area (Å²) in [5.41, 5.74) is 0.868. The van der Waals surface area contributed by atoms with Crippen molar-refractivity contribution in [1.82, 2.24) is 19.7 Å². The number of carbonyl (C=O) groups is 1. The van der Waals surface area contributed by atoms with E-state index >= 15 is 0 Å². The van der Waals surface area contributed by atoms with E-state index in [0.717, 1.165) is 25.1 Å². The van der Waals surface area contributed by atoms with E-state index in [1.54, 1.807) is 11.0 Å². The largest absolute Gasteiger partial charge is 0.484 e. The van der Waals surface area contributed by atoms with Gasteiger partial charge in [-0.05, 0) is 43.7 Å². The Kier molecular flexibility index (Phi) is 4.68. The van der Waals surface area contributed by atoms with E-state index in [1.807, 2.05) is 24.3 Å². The SMILES string of the molecule is O=C(COc1cccc(-n2cncn2)c1)N1CCC[C@H]2CCCC[C@@H]21. The highest BCUT2D eigenvalue weighted by Crippen LogP contribution is 2.35. The number of rotatable bonds is 4. The second-order valence-electron chi connectivity index (χ2n) is 6.97. The van der Waals surface area contributed by atoms with Crippen LogP contribution in [0.15, 0.2) is 36.9 Å². The minimum absolute atomic E-state index is 0.101. The molecule has 0 bridgehead atoms. The molecule has 1 aliphatic heterocycles. The van der Waals surface area contributed by atoms with Crippen LogP contribution in [0.3, 0.4) is 0 Å². The maximum absolute atomic E-state index is 12.7. The number of amides is 1. The van der Waals surface area contributed by atoms with Crippen molar-refractivity contribution in [3.8, 4) is 11.4 Å². The summed E-state index contributed by atoms with van der Waals surface area (Å²) in [6.45, 7) is 0.979. The number of piperidine rings is 1. The first-order valence-electron chi connectivity index (χ1n) is 9.18. The third-order valence-electron chi connectivity index (χ3n) is 5.43. The molecule has 2 fully saturated rings. The minimum atomic E-state index is 0.101. The maximum Gasteiger partial charge on any atom is 0.260 e. The Hall–Kier alpha value is -2.37. The summed E-state index contributed by atoms with van der Waals surface area (Å²) in [6.07, 6.45) is 10.5. The molecule has 6 heteroatoms. The minimum Gasteiger partial charge on any atom is -0.484 e. The quantitative estimate of drug-likeness (QED) is 0.859. The molecule has 0 spiro atoms. The molecule has 6 nitrogen and oxygen atoms in total. The summed E-state index contributed by atoms with van der Waals surface area (Å²) in [5.74, 6) is 1.49. The molecular formula is C19H24N4O2. The lowest BCUT2D eigenvalue weighted by Crippen LogP contribution is -2.51. The average Bonchev–Trinajstić information content (AvgIpc) is 3.21. The van der Waals surface area contributed by atoms with Gasteiger partial charge in [-0.25, -0.2) is 9.67 Å². The standard InChI is InChI=1S/C19H24N4O2/c24-19(22-10-4-6-15-5-1-2-9-18(15)22)12-25-17-8-3-7-16(11-17)23-14-20-13-21-23/h3,7-8,11,13-15,18H,1-2,4-6,9-10,12H2/t15-,18+/m1/s1. The molecule has 0 unspecified atom stereocenters. The summed E-state index contributed by atoms with van der Waals surface area (Å²) in [6, 6.07) is 8.00. The van der Waals surface area contributed by atoms with Gasteiger partial charge in [-0.2, -0.15) is 5.10 Å². The van der Waals surface area contributed by atoms with Crippen LogP contribution in [0.25, 0.3) is 5.69 Å². The number of aromatic nitrogens is 3. The molecule has 1 aromatic heterocycles. The van der Waals surface area contributed by atoms with Crippen LogP contribution in [0, 0.1) is 5.92 Å². The summed E-state index contributed by atoms with van der Waals surface area (Å²) in [4.78, 5) is 18.7. The van der Waals surface area contributed by atoms with Gasteiger partial charge in [0.05, 0.1) is 5.69 Å².